The van der Waals surface area contributed by atoms with Crippen LogP contribution in [-0.2, 0) is 0 Å². The van der Waals surface area contributed by atoms with E-state index in [0.717, 1.165) is 57.2 Å². The summed E-state index contributed by atoms with van der Waals surface area (Å²) in [5.74, 6) is 1.47. The largest absolute Gasteiger partial charge is 0.352 e. The average molecular weight is 467 g/mol. The van der Waals surface area contributed by atoms with E-state index in [2.05, 4.69) is 46.5 Å². The second-order valence-electron chi connectivity index (χ2n) is 8.24. The molecule has 6 aromatic rings. The molecule has 7 heterocycles. The molecule has 6 aromatic heterocycles. The van der Waals surface area contributed by atoms with Crippen LogP contribution in [-0.4, -0.2) is 59.2 Å². The van der Waals surface area contributed by atoms with E-state index in [0.29, 0.717) is 17.1 Å². The number of imidazole rings is 1. The summed E-state index contributed by atoms with van der Waals surface area (Å²) in [6.07, 6.45) is 7.04. The summed E-state index contributed by atoms with van der Waals surface area (Å²) in [7, 11) is 0. The molecule has 7 rings (SSSR count). The first kappa shape index (κ1) is 19.3. The molecule has 0 aromatic carbocycles. The minimum Gasteiger partial charge on any atom is -0.352 e. The molecule has 0 atom stereocenters. The van der Waals surface area contributed by atoms with Gasteiger partial charge in [-0.05, 0) is 23.6 Å². The lowest BCUT2D eigenvalue weighted by atomic mass is 10.1. The number of aromatic amines is 2. The van der Waals surface area contributed by atoms with Crippen LogP contribution in [0.2, 0.25) is 0 Å². The van der Waals surface area contributed by atoms with Gasteiger partial charge in [-0.3, -0.25) is 10.1 Å². The third-order valence-electron chi connectivity index (χ3n) is 5.98. The van der Waals surface area contributed by atoms with Crippen LogP contribution < -0.4 is 10.6 Å². The van der Waals surface area contributed by atoms with Crippen molar-refractivity contribution in [1.82, 2.24) is 40.1 Å². The SMILES string of the molecule is NC1CN(c2cncc(-c3cnc4n[nH]c(-c5nc6nccc(-c7cccs7)c6[nH]5)c4c3)n2)C1. The summed E-state index contributed by atoms with van der Waals surface area (Å²) < 4.78 is 0. The molecule has 0 unspecified atom stereocenters. The van der Waals surface area contributed by atoms with E-state index in [1.165, 1.54) is 0 Å². The van der Waals surface area contributed by atoms with Crippen LogP contribution in [0.25, 0.3) is 55.4 Å². The lowest BCUT2D eigenvalue weighted by molar-refractivity contribution is 0.514. The Morgan fingerprint density at radius 3 is 2.85 bits per heavy atom. The summed E-state index contributed by atoms with van der Waals surface area (Å²) in [5, 5.41) is 10.4. The van der Waals surface area contributed by atoms with Gasteiger partial charge >= 0.3 is 0 Å². The molecule has 1 aliphatic rings. The first-order valence-corrected chi connectivity index (χ1v) is 11.7. The van der Waals surface area contributed by atoms with Gasteiger partial charge in [0.05, 0.1) is 29.0 Å². The fraction of sp³-hybridized carbons (Fsp3) is 0.130. The number of pyridine rings is 2. The summed E-state index contributed by atoms with van der Waals surface area (Å²) in [6, 6.07) is 8.32. The van der Waals surface area contributed by atoms with Gasteiger partial charge in [-0.25, -0.2) is 19.9 Å². The van der Waals surface area contributed by atoms with Crippen molar-refractivity contribution in [3.8, 4) is 33.2 Å². The summed E-state index contributed by atoms with van der Waals surface area (Å²) in [4.78, 5) is 29.6. The minimum atomic E-state index is 0.190. The van der Waals surface area contributed by atoms with E-state index >= 15 is 0 Å². The topological polar surface area (TPSA) is 138 Å². The smallest absolute Gasteiger partial charge is 0.181 e. The van der Waals surface area contributed by atoms with Crippen molar-refractivity contribution in [3.63, 3.8) is 0 Å². The Bertz CT molecular complexity index is 1650. The van der Waals surface area contributed by atoms with Gasteiger partial charge in [-0.2, -0.15) is 5.10 Å². The molecule has 1 saturated heterocycles. The van der Waals surface area contributed by atoms with E-state index in [-0.39, 0.29) is 6.04 Å². The molecule has 11 heteroatoms. The number of hydrogen-bond acceptors (Lipinski definition) is 9. The number of thiophene rings is 1. The Morgan fingerprint density at radius 2 is 2.00 bits per heavy atom. The molecule has 4 N–H and O–H groups in total. The van der Waals surface area contributed by atoms with E-state index < -0.39 is 0 Å². The summed E-state index contributed by atoms with van der Waals surface area (Å²) in [5.41, 5.74) is 11.5. The second-order valence-corrected chi connectivity index (χ2v) is 9.19. The maximum absolute atomic E-state index is 5.92. The number of fused-ring (bicyclic) bond motifs is 2. The van der Waals surface area contributed by atoms with Gasteiger partial charge in [-0.15, -0.1) is 11.3 Å². The van der Waals surface area contributed by atoms with E-state index in [1.807, 2.05) is 18.2 Å². The second kappa shape index (κ2) is 7.40. The molecule has 0 amide bonds. The quantitative estimate of drug-likeness (QED) is 0.360. The zero-order valence-corrected chi connectivity index (χ0v) is 18.6. The highest BCUT2D eigenvalue weighted by Crippen LogP contribution is 2.33. The molecule has 34 heavy (non-hydrogen) atoms. The van der Waals surface area contributed by atoms with Crippen molar-refractivity contribution in [2.24, 2.45) is 5.73 Å². The molecule has 1 fully saturated rings. The van der Waals surface area contributed by atoms with Gasteiger partial charge in [0.1, 0.15) is 11.5 Å². The van der Waals surface area contributed by atoms with Gasteiger partial charge in [-0.1, -0.05) is 6.07 Å². The predicted molar refractivity (Wildman–Crippen MR) is 131 cm³/mol. The van der Waals surface area contributed by atoms with Gasteiger partial charge in [0.2, 0.25) is 0 Å². The normalized spacial score (nSPS) is 14.2. The number of nitrogens with two attached hydrogens (primary N) is 1. The van der Waals surface area contributed by atoms with Gasteiger partial charge < -0.3 is 15.6 Å². The van der Waals surface area contributed by atoms with Crippen LogP contribution in [0.4, 0.5) is 5.82 Å². The number of anilines is 1. The first-order valence-electron chi connectivity index (χ1n) is 10.8. The zero-order chi connectivity index (χ0) is 22.6. The fourth-order valence-corrected chi connectivity index (χ4v) is 4.99. The van der Waals surface area contributed by atoms with Crippen molar-refractivity contribution in [1.29, 1.82) is 0 Å². The molecule has 0 saturated carbocycles. The number of hydrogen-bond donors (Lipinski definition) is 3. The van der Waals surface area contributed by atoms with Crippen molar-refractivity contribution in [2.45, 2.75) is 6.04 Å². The molecule has 166 valence electrons. The Hall–Kier alpha value is -4.22. The zero-order valence-electron chi connectivity index (χ0n) is 17.8. The maximum Gasteiger partial charge on any atom is 0.181 e. The maximum atomic E-state index is 5.92. The molecular weight excluding hydrogens is 448 g/mol. The highest BCUT2D eigenvalue weighted by molar-refractivity contribution is 7.13. The predicted octanol–water partition coefficient (Wildman–Crippen LogP) is 3.23. The molecule has 0 bridgehead atoms. The van der Waals surface area contributed by atoms with E-state index in [9.17, 15) is 0 Å². The number of nitrogens with one attached hydrogen (secondary N) is 2. The molecule has 0 spiro atoms. The first-order chi connectivity index (χ1) is 16.7. The lowest BCUT2D eigenvalue weighted by Gasteiger charge is -2.37. The third kappa shape index (κ3) is 3.05. The van der Waals surface area contributed by atoms with Gasteiger partial charge in [0, 0.05) is 47.5 Å². The number of rotatable bonds is 4. The van der Waals surface area contributed by atoms with Crippen molar-refractivity contribution in [2.75, 3.05) is 18.0 Å². The van der Waals surface area contributed by atoms with Crippen molar-refractivity contribution in [3.05, 3.63) is 54.4 Å². The van der Waals surface area contributed by atoms with Crippen LogP contribution in [0.1, 0.15) is 0 Å². The molecule has 1 aliphatic heterocycles. The Kier molecular flexibility index (Phi) is 4.19. The number of H-pyrrole nitrogens is 2. The van der Waals surface area contributed by atoms with Crippen LogP contribution in [0.5, 0.6) is 0 Å². The van der Waals surface area contributed by atoms with Crippen LogP contribution in [0, 0.1) is 0 Å². The van der Waals surface area contributed by atoms with Crippen LogP contribution >= 0.6 is 11.3 Å². The Balaban J connectivity index is 1.31. The molecular formula is C23H18N10S. The summed E-state index contributed by atoms with van der Waals surface area (Å²) >= 11 is 1.68. The summed E-state index contributed by atoms with van der Waals surface area (Å²) in [6.45, 7) is 1.57. The van der Waals surface area contributed by atoms with Crippen molar-refractivity contribution < 1.29 is 0 Å². The van der Waals surface area contributed by atoms with E-state index in [1.54, 1.807) is 36.1 Å². The fourth-order valence-electron chi connectivity index (χ4n) is 4.23. The highest BCUT2D eigenvalue weighted by Gasteiger charge is 2.25. The lowest BCUT2D eigenvalue weighted by Crippen LogP contribution is -2.56. The average Bonchev–Trinajstić information content (AvgIpc) is 3.60. The van der Waals surface area contributed by atoms with E-state index in [4.69, 9.17) is 15.7 Å². The van der Waals surface area contributed by atoms with Crippen molar-refractivity contribution >= 4 is 39.4 Å². The standard InChI is InChI=1S/C23H18N10S/c24-13-10-33(11-13)18-9-25-8-16(28-18)12-6-15-20(31-32-21(15)27-7-12)23-29-19-14(17-2-1-5-34-17)3-4-26-22(19)30-23/h1-9,13H,10-11,24H2,(H,26,29,30)(H,27,31,32). The minimum absolute atomic E-state index is 0.190. The Labute approximate surface area is 196 Å². The van der Waals surface area contributed by atoms with Gasteiger partial charge in [0.15, 0.2) is 17.1 Å². The van der Waals surface area contributed by atoms with Crippen LogP contribution in [0.3, 0.4) is 0 Å². The Morgan fingerprint density at radius 1 is 1.06 bits per heavy atom. The highest BCUT2D eigenvalue weighted by atomic mass is 32.1. The van der Waals surface area contributed by atoms with Crippen LogP contribution in [0.15, 0.2) is 54.4 Å². The number of nitrogens with zero attached hydrogens (tertiary/aromatic N) is 7. The third-order valence-corrected chi connectivity index (χ3v) is 6.88. The van der Waals surface area contributed by atoms with Gasteiger partial charge in [0.25, 0.3) is 0 Å². The number of aromatic nitrogens is 8. The molecule has 0 aliphatic carbocycles. The molecule has 10 nitrogen and oxygen atoms in total. The molecule has 0 radical (unpaired) electrons. The monoisotopic (exact) mass is 466 g/mol.